The summed E-state index contributed by atoms with van der Waals surface area (Å²) in [6, 6.07) is 15.0. The van der Waals surface area contributed by atoms with E-state index in [9.17, 15) is 5.11 Å². The SMILES string of the molecule is Cc1nc2ccccc2n1C[C@@H](O)COc1cccc(Cl)c1. The van der Waals surface area contributed by atoms with Crippen LogP contribution in [0.3, 0.4) is 0 Å². The van der Waals surface area contributed by atoms with E-state index >= 15 is 0 Å². The van der Waals surface area contributed by atoms with Gasteiger partial charge >= 0.3 is 0 Å². The highest BCUT2D eigenvalue weighted by Gasteiger charge is 2.12. The molecule has 0 spiro atoms. The number of aliphatic hydroxyl groups excluding tert-OH is 1. The molecular formula is C17H17ClN2O2. The molecule has 0 saturated carbocycles. The van der Waals surface area contributed by atoms with Gasteiger partial charge in [-0.05, 0) is 37.3 Å². The summed E-state index contributed by atoms with van der Waals surface area (Å²) in [5.41, 5.74) is 1.95. The van der Waals surface area contributed by atoms with Crippen molar-refractivity contribution in [2.24, 2.45) is 0 Å². The number of hydrogen-bond acceptors (Lipinski definition) is 3. The number of benzene rings is 2. The number of halogens is 1. The minimum Gasteiger partial charge on any atom is -0.491 e. The predicted molar refractivity (Wildman–Crippen MR) is 87.4 cm³/mol. The quantitative estimate of drug-likeness (QED) is 0.784. The Bertz CT molecular complexity index is 785. The number of fused-ring (bicyclic) bond motifs is 1. The molecule has 2 aromatic carbocycles. The van der Waals surface area contributed by atoms with Gasteiger partial charge in [-0.15, -0.1) is 0 Å². The van der Waals surface area contributed by atoms with Crippen LogP contribution in [0.1, 0.15) is 5.82 Å². The maximum Gasteiger partial charge on any atom is 0.120 e. The molecule has 22 heavy (non-hydrogen) atoms. The second-order valence-electron chi connectivity index (χ2n) is 5.18. The van der Waals surface area contributed by atoms with E-state index in [-0.39, 0.29) is 6.61 Å². The highest BCUT2D eigenvalue weighted by atomic mass is 35.5. The lowest BCUT2D eigenvalue weighted by Gasteiger charge is -2.15. The fourth-order valence-electron chi connectivity index (χ4n) is 2.44. The molecule has 0 radical (unpaired) electrons. The molecule has 1 aromatic heterocycles. The van der Waals surface area contributed by atoms with Crippen molar-refractivity contribution in [3.05, 3.63) is 59.4 Å². The molecule has 0 unspecified atom stereocenters. The van der Waals surface area contributed by atoms with E-state index in [4.69, 9.17) is 16.3 Å². The molecule has 1 N–H and O–H groups in total. The zero-order valence-electron chi connectivity index (χ0n) is 12.2. The average Bonchev–Trinajstić information content (AvgIpc) is 2.81. The Morgan fingerprint density at radius 2 is 2.05 bits per heavy atom. The summed E-state index contributed by atoms with van der Waals surface area (Å²) in [4.78, 5) is 4.49. The van der Waals surface area contributed by atoms with Crippen molar-refractivity contribution in [1.29, 1.82) is 0 Å². The normalized spacial score (nSPS) is 12.5. The predicted octanol–water partition coefficient (Wildman–Crippen LogP) is 3.44. The Kier molecular flexibility index (Phi) is 4.32. The number of aliphatic hydroxyl groups is 1. The fourth-order valence-corrected chi connectivity index (χ4v) is 2.62. The zero-order valence-corrected chi connectivity index (χ0v) is 13.0. The molecule has 0 aliphatic carbocycles. The maximum atomic E-state index is 10.2. The number of nitrogens with zero attached hydrogens (tertiary/aromatic N) is 2. The molecule has 4 nitrogen and oxygen atoms in total. The number of aromatic nitrogens is 2. The smallest absolute Gasteiger partial charge is 0.120 e. The summed E-state index contributed by atoms with van der Waals surface area (Å²) in [5, 5.41) is 10.8. The van der Waals surface area contributed by atoms with Crippen molar-refractivity contribution in [3.63, 3.8) is 0 Å². The summed E-state index contributed by atoms with van der Waals surface area (Å²) < 4.78 is 7.58. The maximum absolute atomic E-state index is 10.2. The van der Waals surface area contributed by atoms with Gasteiger partial charge in [0.25, 0.3) is 0 Å². The van der Waals surface area contributed by atoms with Gasteiger partial charge < -0.3 is 14.4 Å². The lowest BCUT2D eigenvalue weighted by Crippen LogP contribution is -2.24. The van der Waals surface area contributed by atoms with Crippen LogP contribution in [-0.2, 0) is 6.54 Å². The highest BCUT2D eigenvalue weighted by Crippen LogP contribution is 2.18. The molecular weight excluding hydrogens is 300 g/mol. The fraction of sp³-hybridized carbons (Fsp3) is 0.235. The molecule has 0 aliphatic heterocycles. The van der Waals surface area contributed by atoms with Crippen molar-refractivity contribution in [2.45, 2.75) is 19.6 Å². The zero-order chi connectivity index (χ0) is 15.5. The molecule has 3 aromatic rings. The van der Waals surface area contributed by atoms with Gasteiger partial charge in [-0.3, -0.25) is 0 Å². The van der Waals surface area contributed by atoms with Crippen LogP contribution in [0, 0.1) is 6.92 Å². The number of rotatable bonds is 5. The Balaban J connectivity index is 1.68. The Morgan fingerprint density at radius 3 is 2.86 bits per heavy atom. The minimum atomic E-state index is -0.629. The third-order valence-electron chi connectivity index (χ3n) is 3.48. The Hall–Kier alpha value is -2.04. The van der Waals surface area contributed by atoms with E-state index in [0.29, 0.717) is 17.3 Å². The van der Waals surface area contributed by atoms with Gasteiger partial charge in [-0.1, -0.05) is 29.8 Å². The summed E-state index contributed by atoms with van der Waals surface area (Å²) in [6.45, 7) is 2.57. The number of para-hydroxylation sites is 2. The monoisotopic (exact) mass is 316 g/mol. The lowest BCUT2D eigenvalue weighted by molar-refractivity contribution is 0.0929. The van der Waals surface area contributed by atoms with Gasteiger partial charge in [0.05, 0.1) is 17.6 Å². The van der Waals surface area contributed by atoms with E-state index in [1.54, 1.807) is 12.1 Å². The first-order valence-corrected chi connectivity index (χ1v) is 7.49. The van der Waals surface area contributed by atoms with Crippen LogP contribution in [0.15, 0.2) is 48.5 Å². The van der Waals surface area contributed by atoms with Crippen molar-refractivity contribution >= 4 is 22.6 Å². The molecule has 3 rings (SSSR count). The summed E-state index contributed by atoms with van der Waals surface area (Å²) in [7, 11) is 0. The van der Waals surface area contributed by atoms with E-state index < -0.39 is 6.10 Å². The number of aryl methyl sites for hydroxylation is 1. The number of imidazole rings is 1. The van der Waals surface area contributed by atoms with Crippen molar-refractivity contribution in [1.82, 2.24) is 9.55 Å². The number of hydrogen-bond donors (Lipinski definition) is 1. The van der Waals surface area contributed by atoms with Gasteiger partial charge in [0, 0.05) is 5.02 Å². The summed E-state index contributed by atoms with van der Waals surface area (Å²) >= 11 is 5.91. The molecule has 0 aliphatic rings. The molecule has 114 valence electrons. The summed E-state index contributed by atoms with van der Waals surface area (Å²) in [5.74, 6) is 1.53. The number of ether oxygens (including phenoxy) is 1. The first kappa shape index (κ1) is 14.9. The van der Waals surface area contributed by atoms with E-state index in [1.165, 1.54) is 0 Å². The summed E-state index contributed by atoms with van der Waals surface area (Å²) in [6.07, 6.45) is -0.629. The van der Waals surface area contributed by atoms with E-state index in [1.807, 2.05) is 47.9 Å². The van der Waals surface area contributed by atoms with Gasteiger partial charge in [-0.25, -0.2) is 4.98 Å². The van der Waals surface area contributed by atoms with E-state index in [0.717, 1.165) is 16.9 Å². The van der Waals surface area contributed by atoms with E-state index in [2.05, 4.69) is 4.98 Å². The molecule has 0 saturated heterocycles. The highest BCUT2D eigenvalue weighted by molar-refractivity contribution is 6.30. The van der Waals surface area contributed by atoms with Crippen LogP contribution in [0.4, 0.5) is 0 Å². The molecule has 5 heteroatoms. The topological polar surface area (TPSA) is 47.3 Å². The van der Waals surface area contributed by atoms with Gasteiger partial charge in [0.15, 0.2) is 0 Å². The second kappa shape index (κ2) is 6.38. The molecule has 1 atom stereocenters. The van der Waals surface area contributed by atoms with Crippen LogP contribution < -0.4 is 4.74 Å². The van der Waals surface area contributed by atoms with Crippen molar-refractivity contribution < 1.29 is 9.84 Å². The largest absolute Gasteiger partial charge is 0.491 e. The van der Waals surface area contributed by atoms with Crippen molar-refractivity contribution in [3.8, 4) is 5.75 Å². The molecule has 0 bridgehead atoms. The van der Waals surface area contributed by atoms with Crippen LogP contribution in [0.25, 0.3) is 11.0 Å². The Morgan fingerprint density at radius 1 is 1.23 bits per heavy atom. The second-order valence-corrected chi connectivity index (χ2v) is 5.62. The van der Waals surface area contributed by atoms with Gasteiger partial charge in [0.2, 0.25) is 0 Å². The Labute approximate surface area is 133 Å². The van der Waals surface area contributed by atoms with Crippen molar-refractivity contribution in [2.75, 3.05) is 6.61 Å². The van der Waals surface area contributed by atoms with Crippen LogP contribution in [0.5, 0.6) is 5.75 Å². The first-order chi connectivity index (χ1) is 10.6. The first-order valence-electron chi connectivity index (χ1n) is 7.12. The van der Waals surface area contributed by atoms with Crippen LogP contribution in [0.2, 0.25) is 5.02 Å². The standard InChI is InChI=1S/C17H17ClN2O2/c1-12-19-16-7-2-3-8-17(16)20(12)10-14(21)11-22-15-6-4-5-13(18)9-15/h2-9,14,21H,10-11H2,1H3/t14-/m1/s1. The third kappa shape index (κ3) is 3.24. The minimum absolute atomic E-state index is 0.201. The molecule has 0 fully saturated rings. The average molecular weight is 317 g/mol. The molecule has 0 amide bonds. The van der Waals surface area contributed by atoms with Crippen LogP contribution in [-0.4, -0.2) is 27.4 Å². The molecule has 1 heterocycles. The van der Waals surface area contributed by atoms with Gasteiger partial charge in [-0.2, -0.15) is 0 Å². The van der Waals surface area contributed by atoms with Gasteiger partial charge in [0.1, 0.15) is 24.3 Å². The lowest BCUT2D eigenvalue weighted by atomic mass is 10.3. The van der Waals surface area contributed by atoms with Crippen LogP contribution >= 0.6 is 11.6 Å². The third-order valence-corrected chi connectivity index (χ3v) is 3.71.